The fraction of sp³-hybridized carbons (Fsp3) is 0.800. The van der Waals surface area contributed by atoms with Gasteiger partial charge in [0.2, 0.25) is 5.91 Å². The van der Waals surface area contributed by atoms with Gasteiger partial charge in [0, 0.05) is 7.05 Å². The van der Waals surface area contributed by atoms with Crippen molar-refractivity contribution < 1.29 is 14.7 Å². The molecule has 1 amide bonds. The van der Waals surface area contributed by atoms with Crippen LogP contribution in [0.25, 0.3) is 0 Å². The second-order valence-corrected chi connectivity index (χ2v) is 3.78. The number of hydrogen-bond acceptors (Lipinski definition) is 2. The topological polar surface area (TPSA) is 66.4 Å². The van der Waals surface area contributed by atoms with Crippen molar-refractivity contribution in [1.82, 2.24) is 5.32 Å². The molecule has 0 spiro atoms. The first-order valence-electron chi connectivity index (χ1n) is 4.86. The molecular weight excluding hydrogens is 182 g/mol. The Morgan fingerprint density at radius 3 is 2.29 bits per heavy atom. The Morgan fingerprint density at radius 1 is 1.50 bits per heavy atom. The summed E-state index contributed by atoms with van der Waals surface area (Å²) >= 11 is 0. The standard InChI is InChI=1S/C10H19NO3/c1-5-6-7(2)10(3,9(13)14)8(12)11-4/h7H,5-6H2,1-4H3,(H,11,12)(H,13,14). The van der Waals surface area contributed by atoms with Crippen molar-refractivity contribution in [3.63, 3.8) is 0 Å². The molecule has 0 heterocycles. The molecule has 0 aromatic rings. The molecule has 0 saturated heterocycles. The smallest absolute Gasteiger partial charge is 0.319 e. The second kappa shape index (κ2) is 4.98. The molecule has 4 nitrogen and oxygen atoms in total. The molecule has 0 aliphatic heterocycles. The number of amides is 1. The summed E-state index contributed by atoms with van der Waals surface area (Å²) in [4.78, 5) is 22.6. The van der Waals surface area contributed by atoms with Crippen LogP contribution in [0.2, 0.25) is 0 Å². The Labute approximate surface area is 84.7 Å². The minimum absolute atomic E-state index is 0.162. The van der Waals surface area contributed by atoms with E-state index in [1.165, 1.54) is 14.0 Å². The average Bonchev–Trinajstić information content (AvgIpc) is 2.15. The van der Waals surface area contributed by atoms with Crippen LogP contribution in [0.15, 0.2) is 0 Å². The van der Waals surface area contributed by atoms with Crippen LogP contribution in [0, 0.1) is 11.3 Å². The highest BCUT2D eigenvalue weighted by Gasteiger charge is 2.45. The summed E-state index contributed by atoms with van der Waals surface area (Å²) in [7, 11) is 1.46. The largest absolute Gasteiger partial charge is 0.480 e. The van der Waals surface area contributed by atoms with Crippen LogP contribution in [0.1, 0.15) is 33.6 Å². The second-order valence-electron chi connectivity index (χ2n) is 3.78. The third kappa shape index (κ3) is 2.25. The molecule has 4 heteroatoms. The predicted octanol–water partition coefficient (Wildman–Crippen LogP) is 1.26. The number of carboxylic acids is 1. The zero-order valence-electron chi connectivity index (χ0n) is 9.26. The molecule has 82 valence electrons. The molecule has 0 radical (unpaired) electrons. The number of rotatable bonds is 5. The Hall–Kier alpha value is -1.06. The number of nitrogens with one attached hydrogen (secondary N) is 1. The molecule has 2 unspecified atom stereocenters. The summed E-state index contributed by atoms with van der Waals surface area (Å²) in [5.74, 6) is -1.64. The fourth-order valence-corrected chi connectivity index (χ4v) is 1.51. The van der Waals surface area contributed by atoms with Gasteiger partial charge in [0.25, 0.3) is 0 Å². The summed E-state index contributed by atoms with van der Waals surface area (Å²) in [6, 6.07) is 0. The van der Waals surface area contributed by atoms with E-state index >= 15 is 0 Å². The van der Waals surface area contributed by atoms with E-state index in [4.69, 9.17) is 5.11 Å². The molecule has 0 fully saturated rings. The Bertz CT molecular complexity index is 227. The molecule has 0 saturated carbocycles. The van der Waals surface area contributed by atoms with Crippen LogP contribution in [0.4, 0.5) is 0 Å². The van der Waals surface area contributed by atoms with Gasteiger partial charge >= 0.3 is 5.97 Å². The highest BCUT2D eigenvalue weighted by molar-refractivity contribution is 6.01. The Morgan fingerprint density at radius 2 is 2.00 bits per heavy atom. The SMILES string of the molecule is CCCC(C)C(C)(C(=O)O)C(=O)NC. The number of carbonyl (C=O) groups excluding carboxylic acids is 1. The van der Waals surface area contributed by atoms with E-state index in [9.17, 15) is 9.59 Å². The van der Waals surface area contributed by atoms with Crippen LogP contribution < -0.4 is 5.32 Å². The maximum Gasteiger partial charge on any atom is 0.319 e. The van der Waals surface area contributed by atoms with Gasteiger partial charge in [0.1, 0.15) is 5.41 Å². The van der Waals surface area contributed by atoms with Crippen LogP contribution >= 0.6 is 0 Å². The monoisotopic (exact) mass is 201 g/mol. The summed E-state index contributed by atoms with van der Waals surface area (Å²) in [6.45, 7) is 5.25. The molecule has 2 N–H and O–H groups in total. The van der Waals surface area contributed by atoms with Gasteiger partial charge < -0.3 is 10.4 Å². The van der Waals surface area contributed by atoms with E-state index in [2.05, 4.69) is 5.32 Å². The van der Waals surface area contributed by atoms with Gasteiger partial charge in [-0.3, -0.25) is 9.59 Å². The van der Waals surface area contributed by atoms with Crippen LogP contribution in [-0.4, -0.2) is 24.0 Å². The zero-order valence-corrected chi connectivity index (χ0v) is 9.26. The first-order valence-corrected chi connectivity index (χ1v) is 4.86. The first kappa shape index (κ1) is 12.9. The maximum atomic E-state index is 11.5. The third-order valence-corrected chi connectivity index (χ3v) is 2.85. The van der Waals surface area contributed by atoms with Crippen molar-refractivity contribution in [2.75, 3.05) is 7.05 Å². The lowest BCUT2D eigenvalue weighted by Gasteiger charge is -2.29. The minimum Gasteiger partial charge on any atom is -0.480 e. The molecule has 0 bridgehead atoms. The van der Waals surface area contributed by atoms with Crippen molar-refractivity contribution in [3.8, 4) is 0 Å². The molecular formula is C10H19NO3. The van der Waals surface area contributed by atoms with E-state index in [1.54, 1.807) is 6.92 Å². The van der Waals surface area contributed by atoms with Gasteiger partial charge in [-0.15, -0.1) is 0 Å². The fourth-order valence-electron chi connectivity index (χ4n) is 1.51. The summed E-state index contributed by atoms with van der Waals surface area (Å²) < 4.78 is 0. The number of aliphatic carboxylic acids is 1. The van der Waals surface area contributed by atoms with Crippen molar-refractivity contribution in [3.05, 3.63) is 0 Å². The summed E-state index contributed by atoms with van der Waals surface area (Å²) in [5.41, 5.74) is -1.31. The van der Waals surface area contributed by atoms with Crippen LogP contribution in [-0.2, 0) is 9.59 Å². The van der Waals surface area contributed by atoms with Crippen molar-refractivity contribution >= 4 is 11.9 Å². The first-order chi connectivity index (χ1) is 6.41. The van der Waals surface area contributed by atoms with Gasteiger partial charge in [-0.05, 0) is 19.3 Å². The summed E-state index contributed by atoms with van der Waals surface area (Å²) in [6.07, 6.45) is 1.61. The normalized spacial score (nSPS) is 16.9. The van der Waals surface area contributed by atoms with E-state index in [0.29, 0.717) is 0 Å². The van der Waals surface area contributed by atoms with E-state index in [-0.39, 0.29) is 5.92 Å². The Balaban J connectivity index is 4.89. The number of carboxylic acid groups (broad SMARTS) is 1. The number of carbonyl (C=O) groups is 2. The molecule has 2 atom stereocenters. The molecule has 14 heavy (non-hydrogen) atoms. The third-order valence-electron chi connectivity index (χ3n) is 2.85. The molecule has 0 rings (SSSR count). The molecule has 0 aliphatic rings. The van der Waals surface area contributed by atoms with Gasteiger partial charge in [-0.25, -0.2) is 0 Å². The van der Waals surface area contributed by atoms with Crippen molar-refractivity contribution in [1.29, 1.82) is 0 Å². The lowest BCUT2D eigenvalue weighted by Crippen LogP contribution is -2.47. The van der Waals surface area contributed by atoms with Gasteiger partial charge in [-0.2, -0.15) is 0 Å². The predicted molar refractivity (Wildman–Crippen MR) is 53.9 cm³/mol. The lowest BCUT2D eigenvalue weighted by atomic mass is 9.75. The quantitative estimate of drug-likeness (QED) is 0.658. The zero-order chi connectivity index (χ0) is 11.4. The molecule has 0 aromatic heterocycles. The van der Waals surface area contributed by atoms with Gasteiger partial charge in [0.15, 0.2) is 0 Å². The van der Waals surface area contributed by atoms with Crippen molar-refractivity contribution in [2.24, 2.45) is 11.3 Å². The van der Waals surface area contributed by atoms with E-state index < -0.39 is 17.3 Å². The van der Waals surface area contributed by atoms with Gasteiger partial charge in [0.05, 0.1) is 0 Å². The molecule has 0 aromatic carbocycles. The minimum atomic E-state index is -1.31. The lowest BCUT2D eigenvalue weighted by molar-refractivity contribution is -0.158. The highest BCUT2D eigenvalue weighted by Crippen LogP contribution is 2.31. The van der Waals surface area contributed by atoms with Crippen LogP contribution in [0.5, 0.6) is 0 Å². The number of hydrogen-bond donors (Lipinski definition) is 2. The van der Waals surface area contributed by atoms with Crippen molar-refractivity contribution in [2.45, 2.75) is 33.6 Å². The molecule has 0 aliphatic carbocycles. The van der Waals surface area contributed by atoms with E-state index in [1.807, 2.05) is 6.92 Å². The summed E-state index contributed by atoms with van der Waals surface area (Å²) in [5, 5.41) is 11.5. The maximum absolute atomic E-state index is 11.5. The highest BCUT2D eigenvalue weighted by atomic mass is 16.4. The van der Waals surface area contributed by atoms with Gasteiger partial charge in [-0.1, -0.05) is 20.3 Å². The Kier molecular flexibility index (Phi) is 4.60. The van der Waals surface area contributed by atoms with E-state index in [0.717, 1.165) is 12.8 Å². The average molecular weight is 201 g/mol. The van der Waals surface area contributed by atoms with Crippen LogP contribution in [0.3, 0.4) is 0 Å².